The highest BCUT2D eigenvalue weighted by Crippen LogP contribution is 2.31. The van der Waals surface area contributed by atoms with E-state index in [0.29, 0.717) is 19.0 Å². The van der Waals surface area contributed by atoms with Crippen molar-refractivity contribution in [3.05, 3.63) is 47.7 Å². The van der Waals surface area contributed by atoms with Crippen molar-refractivity contribution in [3.63, 3.8) is 0 Å². The molecule has 0 N–H and O–H groups in total. The number of carbonyl (C=O) groups excluding carboxylic acids is 1. The summed E-state index contributed by atoms with van der Waals surface area (Å²) in [6.45, 7) is 4.42. The van der Waals surface area contributed by atoms with Crippen molar-refractivity contribution in [1.29, 1.82) is 0 Å². The summed E-state index contributed by atoms with van der Waals surface area (Å²) in [6.07, 6.45) is 0.499. The summed E-state index contributed by atoms with van der Waals surface area (Å²) in [5, 5.41) is 0. The lowest BCUT2D eigenvalue weighted by Gasteiger charge is -2.22. The molecule has 2 aliphatic heterocycles. The lowest BCUT2D eigenvalue weighted by atomic mass is 10.2. The van der Waals surface area contributed by atoms with E-state index in [4.69, 9.17) is 18.9 Å². The summed E-state index contributed by atoms with van der Waals surface area (Å²) in [4.78, 5) is 11.5. The van der Waals surface area contributed by atoms with E-state index in [-0.39, 0.29) is 6.10 Å². The zero-order valence-corrected chi connectivity index (χ0v) is 12.1. The first kappa shape index (κ1) is 14.1. The predicted octanol–water partition coefficient (Wildman–Crippen LogP) is 2.16. The summed E-state index contributed by atoms with van der Waals surface area (Å²) >= 11 is 0. The number of cyclic esters (lactones) is 1. The van der Waals surface area contributed by atoms with Gasteiger partial charge in [0.05, 0.1) is 12.7 Å². The average Bonchev–Trinajstić information content (AvgIpc) is 3.00. The number of esters is 1. The summed E-state index contributed by atoms with van der Waals surface area (Å²) in [6, 6.07) is 9.76. The zero-order chi connectivity index (χ0) is 14.9. The minimum atomic E-state index is -0.662. The Balaban J connectivity index is 1.65. The van der Waals surface area contributed by atoms with Crippen LogP contribution in [0.25, 0.3) is 0 Å². The van der Waals surface area contributed by atoms with Gasteiger partial charge in [-0.25, -0.2) is 4.79 Å². The molecule has 112 valence electrons. The summed E-state index contributed by atoms with van der Waals surface area (Å²) in [7, 11) is 0. The van der Waals surface area contributed by atoms with Crippen molar-refractivity contribution in [2.45, 2.75) is 38.4 Å². The molecule has 2 heterocycles. The van der Waals surface area contributed by atoms with Crippen LogP contribution in [0, 0.1) is 0 Å². The summed E-state index contributed by atoms with van der Waals surface area (Å²) < 4.78 is 22.3. The van der Waals surface area contributed by atoms with Crippen LogP contribution < -0.4 is 0 Å². The molecule has 0 amide bonds. The Hall–Kier alpha value is -1.85. The van der Waals surface area contributed by atoms with E-state index < -0.39 is 17.9 Å². The second kappa shape index (κ2) is 5.50. The van der Waals surface area contributed by atoms with Crippen molar-refractivity contribution in [3.8, 4) is 0 Å². The molecule has 0 saturated carbocycles. The topological polar surface area (TPSA) is 54.0 Å². The number of hydrogen-bond acceptors (Lipinski definition) is 5. The minimum Gasteiger partial charge on any atom is -0.489 e. The first-order valence-electron chi connectivity index (χ1n) is 6.94. The number of ether oxygens (including phenoxy) is 4. The van der Waals surface area contributed by atoms with Gasteiger partial charge in [0.2, 0.25) is 0 Å². The Morgan fingerprint density at radius 2 is 2.05 bits per heavy atom. The van der Waals surface area contributed by atoms with E-state index in [1.807, 2.05) is 44.2 Å². The van der Waals surface area contributed by atoms with E-state index >= 15 is 0 Å². The third kappa shape index (κ3) is 3.25. The van der Waals surface area contributed by atoms with Crippen LogP contribution in [0.1, 0.15) is 19.4 Å². The van der Waals surface area contributed by atoms with Crippen molar-refractivity contribution < 1.29 is 23.7 Å². The van der Waals surface area contributed by atoms with E-state index in [9.17, 15) is 4.79 Å². The third-order valence-corrected chi connectivity index (χ3v) is 3.40. The first-order valence-corrected chi connectivity index (χ1v) is 6.94. The van der Waals surface area contributed by atoms with Gasteiger partial charge in [-0.3, -0.25) is 0 Å². The van der Waals surface area contributed by atoms with Crippen LogP contribution >= 0.6 is 0 Å². The van der Waals surface area contributed by atoms with Crippen molar-refractivity contribution >= 4 is 5.97 Å². The fourth-order valence-corrected chi connectivity index (χ4v) is 2.40. The van der Waals surface area contributed by atoms with Crippen molar-refractivity contribution in [1.82, 2.24) is 0 Å². The number of hydrogen-bond donors (Lipinski definition) is 0. The molecule has 1 saturated heterocycles. The highest BCUT2D eigenvalue weighted by molar-refractivity contribution is 5.85. The second-order valence-electron chi connectivity index (χ2n) is 5.55. The lowest BCUT2D eigenvalue weighted by Crippen LogP contribution is -2.33. The van der Waals surface area contributed by atoms with E-state index in [1.54, 1.807) is 0 Å². The van der Waals surface area contributed by atoms with Gasteiger partial charge in [0.25, 0.3) is 0 Å². The molecule has 1 aromatic carbocycles. The Labute approximate surface area is 123 Å². The third-order valence-electron chi connectivity index (χ3n) is 3.40. The molecule has 0 radical (unpaired) electrons. The average molecular weight is 290 g/mol. The monoisotopic (exact) mass is 290 g/mol. The molecule has 0 bridgehead atoms. The maximum atomic E-state index is 11.5. The molecule has 1 aromatic rings. The molecular weight excluding hydrogens is 272 g/mol. The van der Waals surface area contributed by atoms with Crippen LogP contribution in [-0.4, -0.2) is 30.6 Å². The van der Waals surface area contributed by atoms with Crippen LogP contribution in [-0.2, 0) is 30.3 Å². The fourth-order valence-electron chi connectivity index (χ4n) is 2.40. The van der Waals surface area contributed by atoms with Gasteiger partial charge in [-0.15, -0.1) is 0 Å². The Kier molecular flexibility index (Phi) is 3.69. The molecule has 1 fully saturated rings. The summed E-state index contributed by atoms with van der Waals surface area (Å²) in [5.74, 6) is -0.573. The van der Waals surface area contributed by atoms with Gasteiger partial charge in [0.1, 0.15) is 18.5 Å². The minimum absolute atomic E-state index is 0.339. The highest BCUT2D eigenvalue weighted by atomic mass is 16.8. The molecule has 2 aliphatic rings. The first-order chi connectivity index (χ1) is 10.0. The molecule has 0 aromatic heterocycles. The maximum Gasteiger partial charge on any atom is 0.335 e. The van der Waals surface area contributed by atoms with Crippen molar-refractivity contribution in [2.24, 2.45) is 0 Å². The fraction of sp³-hybridized carbons (Fsp3) is 0.438. The van der Waals surface area contributed by atoms with E-state index in [1.165, 1.54) is 6.08 Å². The zero-order valence-electron chi connectivity index (χ0n) is 12.1. The Bertz CT molecular complexity index is 549. The lowest BCUT2D eigenvalue weighted by molar-refractivity contribution is -0.162. The summed E-state index contributed by atoms with van der Waals surface area (Å²) in [5.41, 5.74) is 1.03. The van der Waals surface area contributed by atoms with Gasteiger partial charge >= 0.3 is 5.97 Å². The molecule has 2 atom stereocenters. The Morgan fingerprint density at radius 3 is 2.71 bits per heavy atom. The molecule has 5 heteroatoms. The highest BCUT2D eigenvalue weighted by Gasteiger charge is 2.44. The Morgan fingerprint density at radius 1 is 1.29 bits per heavy atom. The van der Waals surface area contributed by atoms with Crippen LogP contribution in [0.2, 0.25) is 0 Å². The molecule has 0 aliphatic carbocycles. The number of rotatable bonds is 4. The van der Waals surface area contributed by atoms with Gasteiger partial charge in [-0.2, -0.15) is 0 Å². The van der Waals surface area contributed by atoms with Gasteiger partial charge in [0.15, 0.2) is 11.9 Å². The largest absolute Gasteiger partial charge is 0.489 e. The molecule has 0 spiro atoms. The number of carbonyl (C=O) groups is 1. The molecule has 2 unspecified atom stereocenters. The number of benzene rings is 1. The van der Waals surface area contributed by atoms with Gasteiger partial charge < -0.3 is 18.9 Å². The van der Waals surface area contributed by atoms with Gasteiger partial charge in [0, 0.05) is 0 Å². The molecular formula is C16H18O5. The smallest absolute Gasteiger partial charge is 0.335 e. The normalized spacial score (nSPS) is 27.3. The van der Waals surface area contributed by atoms with Gasteiger partial charge in [-0.05, 0) is 19.4 Å². The van der Waals surface area contributed by atoms with Crippen LogP contribution in [0.4, 0.5) is 0 Å². The molecule has 3 rings (SSSR count). The van der Waals surface area contributed by atoms with E-state index in [0.717, 1.165) is 5.56 Å². The van der Waals surface area contributed by atoms with Crippen LogP contribution in [0.5, 0.6) is 0 Å². The van der Waals surface area contributed by atoms with Crippen LogP contribution in [0.15, 0.2) is 42.2 Å². The van der Waals surface area contributed by atoms with Crippen LogP contribution in [0.3, 0.4) is 0 Å². The van der Waals surface area contributed by atoms with Gasteiger partial charge in [-0.1, -0.05) is 30.3 Å². The molecule has 5 nitrogen and oxygen atoms in total. The molecule has 21 heavy (non-hydrogen) atoms. The predicted molar refractivity (Wildman–Crippen MR) is 74.1 cm³/mol. The maximum absolute atomic E-state index is 11.5. The quantitative estimate of drug-likeness (QED) is 0.795. The van der Waals surface area contributed by atoms with E-state index in [2.05, 4.69) is 0 Å². The standard InChI is InChI=1S/C16H18O5/c1-16(2)19-10-13(21-16)15-12(8-14(17)20-15)18-9-11-6-4-3-5-7-11/h3-8,13,15H,9-10H2,1-2H3. The SMILES string of the molecule is CC1(C)OCC(C2OC(=O)C=C2OCc2ccccc2)O1. The van der Waals surface area contributed by atoms with Crippen molar-refractivity contribution in [2.75, 3.05) is 6.61 Å². The second-order valence-corrected chi connectivity index (χ2v) is 5.55.